The number of carbonyl (C=O) groups excluding carboxylic acids is 2. The molecular weight excluding hydrogens is 378 g/mol. The Kier molecular flexibility index (Phi) is 6.40. The first-order valence-electron chi connectivity index (χ1n) is 7.85. The monoisotopic (exact) mass is 395 g/mol. The lowest BCUT2D eigenvalue weighted by molar-refractivity contribution is -0.153. The van der Waals surface area contributed by atoms with Crippen molar-refractivity contribution in [2.24, 2.45) is 0 Å². The number of amides is 1. The maximum absolute atomic E-state index is 12.3. The molecule has 1 aromatic carbocycles. The molecule has 0 aliphatic carbocycles. The highest BCUT2D eigenvalue weighted by Gasteiger charge is 2.20. The normalized spacial score (nSPS) is 11.6. The molecule has 1 amide bonds. The van der Waals surface area contributed by atoms with Gasteiger partial charge in [0.2, 0.25) is 0 Å². The molecule has 2 rings (SSSR count). The van der Waals surface area contributed by atoms with Crippen molar-refractivity contribution in [2.45, 2.75) is 26.5 Å². The second-order valence-electron chi connectivity index (χ2n) is 5.66. The fourth-order valence-corrected chi connectivity index (χ4v) is 2.31. The number of benzene rings is 1. The number of nitrogens with one attached hydrogen (secondary N) is 2. The fourth-order valence-electron chi connectivity index (χ4n) is 2.16. The van der Waals surface area contributed by atoms with Gasteiger partial charge in [0.1, 0.15) is 12.3 Å². The zero-order valence-corrected chi connectivity index (χ0v) is 15.6. The third-order valence-electron chi connectivity index (χ3n) is 3.61. The van der Waals surface area contributed by atoms with Crippen LogP contribution in [0.4, 0.5) is 5.69 Å². The van der Waals surface area contributed by atoms with Gasteiger partial charge in [0.05, 0.1) is 12.8 Å². The average molecular weight is 396 g/mol. The molecule has 0 spiro atoms. The van der Waals surface area contributed by atoms with Crippen molar-refractivity contribution in [1.82, 2.24) is 9.55 Å². The standard InChI is InChI=1S/C17H18ClN3O6/c1-9-6-12(13(26-3)7-11(9)18)19-16(24)10(2)27-15(23)8-21-5-4-14(22)20-17(21)25/h4-7,10H,8H2,1-3H3,(H,19,24)(H,20,22,25)/t10-/m1/s1. The van der Waals surface area contributed by atoms with Crippen molar-refractivity contribution >= 4 is 29.2 Å². The molecule has 0 unspecified atom stereocenters. The van der Waals surface area contributed by atoms with Crippen molar-refractivity contribution in [1.29, 1.82) is 0 Å². The first kappa shape index (κ1) is 20.2. The van der Waals surface area contributed by atoms with Crippen LogP contribution in [-0.4, -0.2) is 34.6 Å². The summed E-state index contributed by atoms with van der Waals surface area (Å²) in [6.45, 7) is 2.71. The Morgan fingerprint density at radius 1 is 1.33 bits per heavy atom. The van der Waals surface area contributed by atoms with E-state index in [4.69, 9.17) is 21.1 Å². The Balaban J connectivity index is 2.03. The summed E-state index contributed by atoms with van der Waals surface area (Å²) in [6.07, 6.45) is 0.0331. The zero-order valence-electron chi connectivity index (χ0n) is 14.9. The van der Waals surface area contributed by atoms with Gasteiger partial charge in [0.15, 0.2) is 6.10 Å². The van der Waals surface area contributed by atoms with Gasteiger partial charge in [-0.1, -0.05) is 11.6 Å². The molecule has 2 N–H and O–H groups in total. The number of H-pyrrole nitrogens is 1. The van der Waals surface area contributed by atoms with Gasteiger partial charge in [-0.05, 0) is 25.5 Å². The minimum Gasteiger partial charge on any atom is -0.495 e. The van der Waals surface area contributed by atoms with Crippen molar-refractivity contribution in [3.63, 3.8) is 0 Å². The highest BCUT2D eigenvalue weighted by atomic mass is 35.5. The topological polar surface area (TPSA) is 119 Å². The van der Waals surface area contributed by atoms with Crippen LogP contribution in [0.5, 0.6) is 5.75 Å². The lowest BCUT2D eigenvalue weighted by Gasteiger charge is -2.16. The van der Waals surface area contributed by atoms with E-state index in [1.807, 2.05) is 4.98 Å². The van der Waals surface area contributed by atoms with Crippen molar-refractivity contribution in [3.8, 4) is 5.75 Å². The van der Waals surface area contributed by atoms with Crippen LogP contribution in [0.2, 0.25) is 5.02 Å². The zero-order chi connectivity index (χ0) is 20.1. The number of hydrogen-bond acceptors (Lipinski definition) is 6. The molecule has 27 heavy (non-hydrogen) atoms. The smallest absolute Gasteiger partial charge is 0.328 e. The number of aryl methyl sites for hydroxylation is 1. The van der Waals surface area contributed by atoms with Gasteiger partial charge in [-0.2, -0.15) is 0 Å². The van der Waals surface area contributed by atoms with Crippen LogP contribution in [0, 0.1) is 6.92 Å². The number of halogens is 1. The Bertz CT molecular complexity index is 981. The number of ether oxygens (including phenoxy) is 2. The number of rotatable bonds is 6. The van der Waals surface area contributed by atoms with E-state index in [-0.39, 0.29) is 0 Å². The minimum absolute atomic E-state index is 0.359. The molecule has 10 heteroatoms. The summed E-state index contributed by atoms with van der Waals surface area (Å²) in [5.74, 6) is -1.04. The van der Waals surface area contributed by atoms with E-state index in [0.717, 1.165) is 22.4 Å². The number of aromatic nitrogens is 2. The Morgan fingerprint density at radius 2 is 2.04 bits per heavy atom. The summed E-state index contributed by atoms with van der Waals surface area (Å²) in [4.78, 5) is 48.8. The van der Waals surface area contributed by atoms with E-state index in [1.165, 1.54) is 14.0 Å². The van der Waals surface area contributed by atoms with Crippen LogP contribution in [0.25, 0.3) is 0 Å². The first-order valence-corrected chi connectivity index (χ1v) is 8.23. The molecular formula is C17H18ClN3O6. The number of anilines is 1. The van der Waals surface area contributed by atoms with E-state index in [9.17, 15) is 19.2 Å². The molecule has 0 aliphatic rings. The SMILES string of the molecule is COc1cc(Cl)c(C)cc1NC(=O)[C@@H](C)OC(=O)Cn1ccc(=O)[nH]c1=O. The number of aromatic amines is 1. The fraction of sp³-hybridized carbons (Fsp3) is 0.294. The molecule has 1 aromatic heterocycles. The molecule has 2 aromatic rings. The van der Waals surface area contributed by atoms with Crippen LogP contribution in [0.15, 0.2) is 34.0 Å². The molecule has 0 radical (unpaired) electrons. The van der Waals surface area contributed by atoms with Gasteiger partial charge in [-0.15, -0.1) is 0 Å². The number of esters is 1. The summed E-state index contributed by atoms with van der Waals surface area (Å²) in [7, 11) is 1.43. The van der Waals surface area contributed by atoms with Crippen molar-refractivity contribution < 1.29 is 19.1 Å². The summed E-state index contributed by atoms with van der Waals surface area (Å²) in [5.41, 5.74) is -0.221. The number of methoxy groups -OCH3 is 1. The van der Waals surface area contributed by atoms with E-state index in [0.29, 0.717) is 16.5 Å². The Morgan fingerprint density at radius 3 is 2.67 bits per heavy atom. The third-order valence-corrected chi connectivity index (χ3v) is 4.02. The Hall–Kier alpha value is -3.07. The average Bonchev–Trinajstić information content (AvgIpc) is 2.60. The molecule has 144 valence electrons. The second-order valence-corrected chi connectivity index (χ2v) is 6.07. The number of hydrogen-bond donors (Lipinski definition) is 2. The molecule has 0 saturated heterocycles. The van der Waals surface area contributed by atoms with Gasteiger partial charge < -0.3 is 14.8 Å². The maximum atomic E-state index is 12.3. The van der Waals surface area contributed by atoms with Gasteiger partial charge in [0.25, 0.3) is 11.5 Å². The van der Waals surface area contributed by atoms with Gasteiger partial charge >= 0.3 is 11.7 Å². The van der Waals surface area contributed by atoms with Crippen molar-refractivity contribution in [2.75, 3.05) is 12.4 Å². The second kappa shape index (κ2) is 8.54. The summed E-state index contributed by atoms with van der Waals surface area (Å²) in [6, 6.07) is 4.29. The molecule has 1 heterocycles. The highest BCUT2D eigenvalue weighted by Crippen LogP contribution is 2.31. The predicted octanol–water partition coefficient (Wildman–Crippen LogP) is 1.08. The largest absolute Gasteiger partial charge is 0.495 e. The van der Waals surface area contributed by atoms with E-state index < -0.39 is 35.8 Å². The van der Waals surface area contributed by atoms with Crippen LogP contribution < -0.4 is 21.3 Å². The summed E-state index contributed by atoms with van der Waals surface area (Å²) < 4.78 is 11.2. The van der Waals surface area contributed by atoms with Crippen molar-refractivity contribution in [3.05, 3.63) is 55.8 Å². The van der Waals surface area contributed by atoms with Crippen LogP contribution in [-0.2, 0) is 20.9 Å². The van der Waals surface area contributed by atoms with E-state index in [1.54, 1.807) is 19.1 Å². The van der Waals surface area contributed by atoms with Crippen LogP contribution >= 0.6 is 11.6 Å². The quantitative estimate of drug-likeness (QED) is 0.706. The molecule has 0 saturated carbocycles. The highest BCUT2D eigenvalue weighted by molar-refractivity contribution is 6.31. The number of carbonyl (C=O) groups is 2. The Labute approximate surface area is 158 Å². The lowest BCUT2D eigenvalue weighted by Crippen LogP contribution is -2.35. The first-order chi connectivity index (χ1) is 12.7. The molecule has 1 atom stereocenters. The molecule has 0 aliphatic heterocycles. The maximum Gasteiger partial charge on any atom is 0.328 e. The van der Waals surface area contributed by atoms with E-state index in [2.05, 4.69) is 5.32 Å². The van der Waals surface area contributed by atoms with Crippen LogP contribution in [0.3, 0.4) is 0 Å². The third kappa shape index (κ3) is 5.20. The van der Waals surface area contributed by atoms with Crippen LogP contribution in [0.1, 0.15) is 12.5 Å². The van der Waals surface area contributed by atoms with Gasteiger partial charge in [-0.3, -0.25) is 23.9 Å². The lowest BCUT2D eigenvalue weighted by atomic mass is 10.2. The predicted molar refractivity (Wildman–Crippen MR) is 98.2 cm³/mol. The molecule has 9 nitrogen and oxygen atoms in total. The number of nitrogens with zero attached hydrogens (tertiary/aromatic N) is 1. The minimum atomic E-state index is -1.13. The van der Waals surface area contributed by atoms with Gasteiger partial charge in [-0.25, -0.2) is 4.79 Å². The van der Waals surface area contributed by atoms with Gasteiger partial charge in [0, 0.05) is 23.4 Å². The summed E-state index contributed by atoms with van der Waals surface area (Å²) in [5, 5.41) is 3.08. The molecule has 0 fully saturated rings. The van der Waals surface area contributed by atoms with E-state index >= 15 is 0 Å². The molecule has 0 bridgehead atoms. The summed E-state index contributed by atoms with van der Waals surface area (Å²) >= 11 is 6.02.